The van der Waals surface area contributed by atoms with Gasteiger partial charge >= 0.3 is 5.97 Å². The summed E-state index contributed by atoms with van der Waals surface area (Å²) in [4.78, 5) is 31.0. The van der Waals surface area contributed by atoms with Crippen molar-refractivity contribution in [1.82, 2.24) is 14.5 Å². The fourth-order valence-corrected chi connectivity index (χ4v) is 2.72. The number of methoxy groups -OCH3 is 1. The van der Waals surface area contributed by atoms with E-state index in [2.05, 4.69) is 14.7 Å². The van der Waals surface area contributed by atoms with E-state index in [-0.39, 0.29) is 5.69 Å². The molecule has 0 amide bonds. The van der Waals surface area contributed by atoms with Gasteiger partial charge in [-0.15, -0.1) is 0 Å². The van der Waals surface area contributed by atoms with E-state index < -0.39 is 5.97 Å². The maximum Gasteiger partial charge on any atom is 0.356 e. The van der Waals surface area contributed by atoms with Crippen LogP contribution in [0.25, 0.3) is 11.2 Å². The molecule has 0 saturated carbocycles. The number of aryl methyl sites for hydroxylation is 1. The molecule has 0 spiro atoms. The molecule has 0 N–H and O–H groups in total. The van der Waals surface area contributed by atoms with Crippen molar-refractivity contribution in [1.29, 1.82) is 0 Å². The molecule has 0 aliphatic heterocycles. The minimum atomic E-state index is -0.503. The van der Waals surface area contributed by atoms with Crippen molar-refractivity contribution in [3.8, 4) is 0 Å². The van der Waals surface area contributed by atoms with Crippen molar-refractivity contribution in [2.75, 3.05) is 7.11 Å². The zero-order chi connectivity index (χ0) is 17.3. The lowest BCUT2D eigenvalue weighted by Gasteiger charge is -2.09. The van der Waals surface area contributed by atoms with Crippen LogP contribution in [0.5, 0.6) is 0 Å². The number of pyridine rings is 1. The van der Waals surface area contributed by atoms with E-state index in [9.17, 15) is 9.59 Å². The van der Waals surface area contributed by atoms with E-state index in [4.69, 9.17) is 11.6 Å². The summed E-state index contributed by atoms with van der Waals surface area (Å²) in [5.74, 6) is 0.242. The van der Waals surface area contributed by atoms with Crippen LogP contribution in [0.1, 0.15) is 32.2 Å². The lowest BCUT2D eigenvalue weighted by Crippen LogP contribution is -2.05. The number of benzene rings is 1. The molecule has 0 saturated heterocycles. The van der Waals surface area contributed by atoms with Crippen molar-refractivity contribution < 1.29 is 14.3 Å². The molecule has 0 radical (unpaired) electrons. The molecule has 2 aromatic heterocycles. The predicted molar refractivity (Wildman–Crippen MR) is 89.5 cm³/mol. The maximum atomic E-state index is 11.6. The van der Waals surface area contributed by atoms with Crippen LogP contribution in [0.4, 0.5) is 0 Å². The van der Waals surface area contributed by atoms with Crippen LogP contribution >= 0.6 is 11.6 Å². The first-order valence-corrected chi connectivity index (χ1v) is 7.57. The van der Waals surface area contributed by atoms with Crippen LogP contribution < -0.4 is 0 Å². The number of hydrogen-bond acceptors (Lipinski definition) is 5. The number of halogens is 1. The molecule has 0 fully saturated rings. The van der Waals surface area contributed by atoms with Crippen LogP contribution in [0.2, 0.25) is 5.02 Å². The molecule has 0 unspecified atom stereocenters. The summed E-state index contributed by atoms with van der Waals surface area (Å²) in [6, 6.07) is 8.54. The van der Waals surface area contributed by atoms with Crippen molar-refractivity contribution >= 4 is 35.0 Å². The van der Waals surface area contributed by atoms with E-state index in [1.54, 1.807) is 24.3 Å². The highest BCUT2D eigenvalue weighted by Crippen LogP contribution is 2.22. The second-order valence-electron chi connectivity index (χ2n) is 5.24. The van der Waals surface area contributed by atoms with Gasteiger partial charge in [-0.3, -0.25) is 4.79 Å². The van der Waals surface area contributed by atoms with Crippen LogP contribution in [0.3, 0.4) is 0 Å². The van der Waals surface area contributed by atoms with Crippen molar-refractivity contribution in [3.63, 3.8) is 0 Å². The molecule has 24 heavy (non-hydrogen) atoms. The first-order chi connectivity index (χ1) is 11.5. The van der Waals surface area contributed by atoms with Crippen LogP contribution in [0, 0.1) is 6.92 Å². The smallest absolute Gasteiger partial charge is 0.356 e. The molecule has 1 aromatic carbocycles. The second kappa shape index (κ2) is 6.41. The number of hydrogen-bond donors (Lipinski definition) is 0. The Hall–Kier alpha value is -2.73. The van der Waals surface area contributed by atoms with Gasteiger partial charge in [0.25, 0.3) is 0 Å². The van der Waals surface area contributed by atoms with Crippen molar-refractivity contribution in [2.24, 2.45) is 0 Å². The molecule has 7 heteroatoms. The predicted octanol–water partition coefficient (Wildman–Crippen LogP) is 3.04. The number of ether oxygens (including phenoxy) is 1. The molecule has 0 atom stereocenters. The number of carbonyl (C=O) groups is 2. The molecule has 6 nitrogen and oxygen atoms in total. The van der Waals surface area contributed by atoms with Crippen LogP contribution in [0.15, 0.2) is 30.3 Å². The van der Waals surface area contributed by atoms with Gasteiger partial charge in [0.15, 0.2) is 11.3 Å². The number of imidazole rings is 1. The van der Waals surface area contributed by atoms with Gasteiger partial charge in [0, 0.05) is 10.6 Å². The number of aldehydes is 1. The topological polar surface area (TPSA) is 74.1 Å². The Morgan fingerprint density at radius 3 is 2.75 bits per heavy atom. The summed E-state index contributed by atoms with van der Waals surface area (Å²) in [6.45, 7) is 2.34. The third kappa shape index (κ3) is 2.88. The average molecular weight is 344 g/mol. The number of fused-ring (bicyclic) bond motifs is 1. The van der Waals surface area contributed by atoms with Crippen LogP contribution in [-0.4, -0.2) is 33.9 Å². The SMILES string of the molecule is COC(=O)c1ccc2c(n1)nc(C)n2Cc1ccc(C=O)cc1Cl. The maximum absolute atomic E-state index is 11.6. The monoisotopic (exact) mass is 343 g/mol. The van der Waals surface area contributed by atoms with E-state index in [0.717, 1.165) is 23.2 Å². The number of nitrogens with zero attached hydrogens (tertiary/aromatic N) is 3. The molecule has 122 valence electrons. The fraction of sp³-hybridized carbons (Fsp3) is 0.176. The van der Waals surface area contributed by atoms with E-state index in [0.29, 0.717) is 22.8 Å². The van der Waals surface area contributed by atoms with E-state index in [1.807, 2.05) is 17.6 Å². The van der Waals surface area contributed by atoms with Gasteiger partial charge < -0.3 is 9.30 Å². The third-order valence-electron chi connectivity index (χ3n) is 3.74. The van der Waals surface area contributed by atoms with Gasteiger partial charge in [-0.25, -0.2) is 14.8 Å². The number of aromatic nitrogens is 3. The van der Waals surface area contributed by atoms with Gasteiger partial charge in [-0.05, 0) is 30.7 Å². The van der Waals surface area contributed by atoms with Gasteiger partial charge in [-0.2, -0.15) is 0 Å². The normalized spacial score (nSPS) is 10.8. The summed E-state index contributed by atoms with van der Waals surface area (Å²) in [5, 5.41) is 0.514. The Kier molecular flexibility index (Phi) is 4.31. The van der Waals surface area contributed by atoms with E-state index in [1.165, 1.54) is 7.11 Å². The summed E-state index contributed by atoms with van der Waals surface area (Å²) in [7, 11) is 1.31. The highest BCUT2D eigenvalue weighted by molar-refractivity contribution is 6.31. The molecule has 0 aliphatic rings. The van der Waals surface area contributed by atoms with Crippen LogP contribution in [-0.2, 0) is 11.3 Å². The Labute approximate surface area is 143 Å². The van der Waals surface area contributed by atoms with Gasteiger partial charge in [0.2, 0.25) is 0 Å². The Morgan fingerprint density at radius 1 is 1.29 bits per heavy atom. The summed E-state index contributed by atoms with van der Waals surface area (Å²) >= 11 is 6.24. The summed E-state index contributed by atoms with van der Waals surface area (Å²) in [6.07, 6.45) is 0.756. The zero-order valence-corrected chi connectivity index (χ0v) is 13.9. The lowest BCUT2D eigenvalue weighted by molar-refractivity contribution is 0.0594. The second-order valence-corrected chi connectivity index (χ2v) is 5.65. The Bertz CT molecular complexity index is 950. The van der Waals surface area contributed by atoms with Crippen molar-refractivity contribution in [3.05, 3.63) is 58.0 Å². The standard InChI is InChI=1S/C17H14ClN3O3/c1-10-19-16-15(6-5-14(20-16)17(23)24-2)21(10)8-12-4-3-11(9-22)7-13(12)18/h3-7,9H,8H2,1-2H3. The third-order valence-corrected chi connectivity index (χ3v) is 4.09. The van der Waals surface area contributed by atoms with Gasteiger partial charge in [-0.1, -0.05) is 23.7 Å². The molecule has 3 rings (SSSR count). The minimum Gasteiger partial charge on any atom is -0.464 e. The molecule has 0 bridgehead atoms. The molecule has 3 aromatic rings. The molecular weight excluding hydrogens is 330 g/mol. The number of rotatable bonds is 4. The van der Waals surface area contributed by atoms with Gasteiger partial charge in [0.1, 0.15) is 12.1 Å². The minimum absolute atomic E-state index is 0.211. The van der Waals surface area contributed by atoms with Crippen molar-refractivity contribution in [2.45, 2.75) is 13.5 Å². The summed E-state index contributed by atoms with van der Waals surface area (Å²) in [5.41, 5.74) is 2.86. The Morgan fingerprint density at radius 2 is 2.08 bits per heavy atom. The quantitative estimate of drug-likeness (QED) is 0.537. The lowest BCUT2D eigenvalue weighted by atomic mass is 10.1. The molecule has 0 aliphatic carbocycles. The summed E-state index contributed by atoms with van der Waals surface area (Å²) < 4.78 is 6.62. The fourth-order valence-electron chi connectivity index (χ4n) is 2.48. The molecular formula is C17H14ClN3O3. The number of carbonyl (C=O) groups excluding carboxylic acids is 2. The first-order valence-electron chi connectivity index (χ1n) is 7.19. The highest BCUT2D eigenvalue weighted by Gasteiger charge is 2.14. The van der Waals surface area contributed by atoms with E-state index >= 15 is 0 Å². The first kappa shape index (κ1) is 16.1. The zero-order valence-electron chi connectivity index (χ0n) is 13.1. The molecule has 2 heterocycles. The highest BCUT2D eigenvalue weighted by atomic mass is 35.5. The average Bonchev–Trinajstić information content (AvgIpc) is 2.90. The number of esters is 1. The largest absolute Gasteiger partial charge is 0.464 e. The Balaban J connectivity index is 2.02. The van der Waals surface area contributed by atoms with Gasteiger partial charge in [0.05, 0.1) is 19.2 Å².